The maximum absolute atomic E-state index is 12.9. The normalized spacial score (nSPS) is 13.8. The summed E-state index contributed by atoms with van der Waals surface area (Å²) in [4.78, 5) is 22.2. The van der Waals surface area contributed by atoms with Crippen LogP contribution in [0.5, 0.6) is 0 Å². The summed E-state index contributed by atoms with van der Waals surface area (Å²) in [7, 11) is 0. The Morgan fingerprint density at radius 3 is 2.66 bits per heavy atom. The maximum atomic E-state index is 12.9. The first-order chi connectivity index (χ1) is 14.2. The second kappa shape index (κ2) is 7.48. The van der Waals surface area contributed by atoms with Gasteiger partial charge in [0.2, 0.25) is 11.7 Å². The van der Waals surface area contributed by atoms with Gasteiger partial charge < -0.3 is 4.52 Å². The fourth-order valence-electron chi connectivity index (χ4n) is 3.33. The van der Waals surface area contributed by atoms with E-state index in [1.807, 2.05) is 41.0 Å². The lowest BCUT2D eigenvalue weighted by molar-refractivity contribution is 0.391. The summed E-state index contributed by atoms with van der Waals surface area (Å²) in [5.41, 5.74) is 2.95. The van der Waals surface area contributed by atoms with Crippen molar-refractivity contribution >= 4 is 22.7 Å². The Morgan fingerprint density at radius 1 is 1.10 bits per heavy atom. The first kappa shape index (κ1) is 18.1. The lowest BCUT2D eigenvalue weighted by atomic mass is 10.1. The van der Waals surface area contributed by atoms with Gasteiger partial charge in [-0.15, -0.1) is 0 Å². The van der Waals surface area contributed by atoms with E-state index in [1.165, 1.54) is 17.3 Å². The van der Waals surface area contributed by atoms with Crippen LogP contribution in [0.3, 0.4) is 0 Å². The van der Waals surface area contributed by atoms with E-state index in [4.69, 9.17) is 9.51 Å². The molecule has 0 unspecified atom stereocenters. The minimum absolute atomic E-state index is 0.0304. The zero-order valence-corrected chi connectivity index (χ0v) is 16.9. The molecular weight excluding hydrogens is 384 g/mol. The Bertz CT molecular complexity index is 1230. The van der Waals surface area contributed by atoms with Gasteiger partial charge in [0, 0.05) is 11.6 Å². The topological polar surface area (TPSA) is 73.8 Å². The predicted octanol–water partition coefficient (Wildman–Crippen LogP) is 4.64. The Hall–Kier alpha value is -2.93. The van der Waals surface area contributed by atoms with E-state index >= 15 is 0 Å². The molecule has 0 N–H and O–H groups in total. The highest BCUT2D eigenvalue weighted by Crippen LogP contribution is 2.37. The summed E-state index contributed by atoms with van der Waals surface area (Å²) in [6.07, 6.45) is 3.04. The molecule has 0 spiro atoms. The van der Waals surface area contributed by atoms with Crippen LogP contribution in [0, 0.1) is 0 Å². The van der Waals surface area contributed by atoms with Crippen LogP contribution in [0.15, 0.2) is 63.0 Å². The summed E-state index contributed by atoms with van der Waals surface area (Å²) in [5, 5.41) is 5.48. The third kappa shape index (κ3) is 3.58. The molecule has 5 rings (SSSR count). The second-order valence-electron chi connectivity index (χ2n) is 7.17. The van der Waals surface area contributed by atoms with E-state index in [0.29, 0.717) is 28.0 Å². The number of rotatable bonds is 6. The van der Waals surface area contributed by atoms with E-state index in [9.17, 15) is 4.79 Å². The molecule has 0 bridgehead atoms. The molecule has 1 saturated carbocycles. The second-order valence-corrected chi connectivity index (χ2v) is 8.11. The summed E-state index contributed by atoms with van der Waals surface area (Å²) in [6, 6.07) is 15.9. The van der Waals surface area contributed by atoms with E-state index < -0.39 is 0 Å². The largest absolute Gasteiger partial charge is 0.338 e. The van der Waals surface area contributed by atoms with E-state index in [1.54, 1.807) is 0 Å². The van der Waals surface area contributed by atoms with Crippen molar-refractivity contribution in [1.82, 2.24) is 19.7 Å². The molecule has 1 aliphatic rings. The summed E-state index contributed by atoms with van der Waals surface area (Å²) in [6.45, 7) is 2.13. The molecule has 2 heterocycles. The van der Waals surface area contributed by atoms with E-state index in [0.717, 1.165) is 30.3 Å². The average molecular weight is 404 g/mol. The standard InChI is InChI=1S/C22H20N4O2S/c1-2-14-7-9-15(10-8-14)20-24-19(28-25-20)13-29-22-23-18-6-4-3-5-17(18)21(27)26(22)16-11-12-16/h3-10,16H,2,11-13H2,1H3. The van der Waals surface area contributed by atoms with Gasteiger partial charge in [-0.25, -0.2) is 4.98 Å². The molecule has 0 radical (unpaired) electrons. The average Bonchev–Trinajstić information content (AvgIpc) is 3.48. The quantitative estimate of drug-likeness (QED) is 0.344. The molecule has 1 fully saturated rings. The van der Waals surface area contributed by atoms with Gasteiger partial charge in [0.15, 0.2) is 5.16 Å². The zero-order chi connectivity index (χ0) is 19.8. The molecule has 6 nitrogen and oxygen atoms in total. The van der Waals surface area contributed by atoms with E-state index in [2.05, 4.69) is 29.2 Å². The van der Waals surface area contributed by atoms with Crippen LogP contribution < -0.4 is 5.56 Å². The molecular formula is C22H20N4O2S. The number of fused-ring (bicyclic) bond motifs is 1. The number of thioether (sulfide) groups is 1. The first-order valence-electron chi connectivity index (χ1n) is 9.79. The van der Waals surface area contributed by atoms with Gasteiger partial charge in [-0.3, -0.25) is 9.36 Å². The molecule has 0 atom stereocenters. The molecule has 0 saturated heterocycles. The Labute approximate surface area is 172 Å². The summed E-state index contributed by atoms with van der Waals surface area (Å²) >= 11 is 1.47. The number of para-hydroxylation sites is 1. The van der Waals surface area contributed by atoms with Crippen molar-refractivity contribution in [1.29, 1.82) is 0 Å². The van der Waals surface area contributed by atoms with Gasteiger partial charge in [-0.2, -0.15) is 4.98 Å². The molecule has 2 aromatic heterocycles. The lowest BCUT2D eigenvalue weighted by Crippen LogP contribution is -2.22. The Morgan fingerprint density at radius 2 is 1.90 bits per heavy atom. The Balaban J connectivity index is 1.40. The molecule has 29 heavy (non-hydrogen) atoms. The molecule has 4 aromatic rings. The fraction of sp³-hybridized carbons (Fsp3) is 0.273. The molecule has 2 aromatic carbocycles. The number of hydrogen-bond acceptors (Lipinski definition) is 6. The molecule has 0 aliphatic heterocycles. The number of hydrogen-bond donors (Lipinski definition) is 0. The van der Waals surface area contributed by atoms with Crippen LogP contribution in [0.2, 0.25) is 0 Å². The maximum Gasteiger partial charge on any atom is 0.262 e. The smallest absolute Gasteiger partial charge is 0.262 e. The van der Waals surface area contributed by atoms with Gasteiger partial charge in [-0.1, -0.05) is 60.2 Å². The third-order valence-corrected chi connectivity index (χ3v) is 6.04. The monoisotopic (exact) mass is 404 g/mol. The number of benzene rings is 2. The van der Waals surface area contributed by atoms with Crippen LogP contribution >= 0.6 is 11.8 Å². The molecule has 0 amide bonds. The van der Waals surface area contributed by atoms with Crippen LogP contribution in [-0.4, -0.2) is 19.7 Å². The van der Waals surface area contributed by atoms with Gasteiger partial charge in [0.1, 0.15) is 0 Å². The van der Waals surface area contributed by atoms with Crippen LogP contribution in [-0.2, 0) is 12.2 Å². The van der Waals surface area contributed by atoms with E-state index in [-0.39, 0.29) is 11.6 Å². The molecule has 1 aliphatic carbocycles. The van der Waals surface area contributed by atoms with Crippen LogP contribution in [0.4, 0.5) is 0 Å². The van der Waals surface area contributed by atoms with Crippen molar-refractivity contribution in [2.24, 2.45) is 0 Å². The Kier molecular flexibility index (Phi) is 4.67. The van der Waals surface area contributed by atoms with Crippen molar-refractivity contribution in [3.05, 3.63) is 70.3 Å². The highest BCUT2D eigenvalue weighted by atomic mass is 32.2. The minimum atomic E-state index is 0.0304. The number of nitrogens with zero attached hydrogens (tertiary/aromatic N) is 4. The number of aryl methyl sites for hydroxylation is 1. The fourth-order valence-corrected chi connectivity index (χ4v) is 4.23. The van der Waals surface area contributed by atoms with Gasteiger partial charge in [0.25, 0.3) is 5.56 Å². The van der Waals surface area contributed by atoms with Gasteiger partial charge in [-0.05, 0) is 37.0 Å². The van der Waals surface area contributed by atoms with Crippen molar-refractivity contribution < 1.29 is 4.52 Å². The summed E-state index contributed by atoms with van der Waals surface area (Å²) < 4.78 is 7.26. The van der Waals surface area contributed by atoms with Crippen LogP contribution in [0.25, 0.3) is 22.3 Å². The number of aromatic nitrogens is 4. The third-order valence-electron chi connectivity index (χ3n) is 5.10. The summed E-state index contributed by atoms with van der Waals surface area (Å²) in [5.74, 6) is 1.57. The van der Waals surface area contributed by atoms with Crippen molar-refractivity contribution in [3.63, 3.8) is 0 Å². The van der Waals surface area contributed by atoms with Crippen LogP contribution in [0.1, 0.15) is 37.3 Å². The minimum Gasteiger partial charge on any atom is -0.338 e. The molecule has 7 heteroatoms. The van der Waals surface area contributed by atoms with Gasteiger partial charge >= 0.3 is 0 Å². The zero-order valence-electron chi connectivity index (χ0n) is 16.0. The van der Waals surface area contributed by atoms with Crippen molar-refractivity contribution in [2.75, 3.05) is 0 Å². The lowest BCUT2D eigenvalue weighted by Gasteiger charge is -2.11. The SMILES string of the molecule is CCc1ccc(-c2noc(CSc3nc4ccccc4c(=O)n3C3CC3)n2)cc1. The first-order valence-corrected chi connectivity index (χ1v) is 10.8. The van der Waals surface area contributed by atoms with Gasteiger partial charge in [0.05, 0.1) is 16.7 Å². The highest BCUT2D eigenvalue weighted by Gasteiger charge is 2.28. The predicted molar refractivity (Wildman–Crippen MR) is 113 cm³/mol. The highest BCUT2D eigenvalue weighted by molar-refractivity contribution is 7.98. The van der Waals surface area contributed by atoms with Crippen molar-refractivity contribution in [3.8, 4) is 11.4 Å². The van der Waals surface area contributed by atoms with Crippen molar-refractivity contribution in [2.45, 2.75) is 43.1 Å². The molecule has 146 valence electrons.